The van der Waals surface area contributed by atoms with Crippen LogP contribution in [0.1, 0.15) is 5.56 Å². The van der Waals surface area contributed by atoms with Crippen LogP contribution in [0.25, 0.3) is 0 Å². The van der Waals surface area contributed by atoms with Gasteiger partial charge in [-0.25, -0.2) is 4.79 Å². The fraction of sp³-hybridized carbons (Fsp3) is 0.0714. The van der Waals surface area contributed by atoms with Crippen LogP contribution < -0.4 is 10.6 Å². The highest BCUT2D eigenvalue weighted by atomic mass is 35.5. The van der Waals surface area contributed by atoms with Gasteiger partial charge >= 0.3 is 6.03 Å². The Morgan fingerprint density at radius 3 is 2.40 bits per heavy atom. The van der Waals surface area contributed by atoms with E-state index in [1.54, 1.807) is 30.3 Å². The first-order chi connectivity index (χ1) is 9.45. The summed E-state index contributed by atoms with van der Waals surface area (Å²) in [6.07, 6.45) is 0. The maximum Gasteiger partial charge on any atom is 0.323 e. The molecule has 0 fully saturated rings. The number of carbonyl (C=O) groups is 1. The summed E-state index contributed by atoms with van der Waals surface area (Å²) >= 11 is 17.8. The molecule has 3 nitrogen and oxygen atoms in total. The minimum absolute atomic E-state index is 0.409. The Balaban J connectivity index is 2.09. The van der Waals surface area contributed by atoms with Crippen LogP contribution in [0.2, 0.25) is 15.1 Å². The molecule has 0 unspecified atom stereocenters. The molecule has 2 N–H and O–H groups in total. The van der Waals surface area contributed by atoms with Gasteiger partial charge in [-0.2, -0.15) is 0 Å². The summed E-state index contributed by atoms with van der Waals surface area (Å²) in [4.78, 5) is 11.9. The second-order valence-electron chi connectivity index (χ2n) is 4.17. The molecule has 0 atom stereocenters. The highest BCUT2D eigenvalue weighted by Crippen LogP contribution is 2.26. The Kier molecular flexibility index (Phi) is 4.76. The average Bonchev–Trinajstić information content (AvgIpc) is 2.38. The lowest BCUT2D eigenvalue weighted by molar-refractivity contribution is 0.262. The third-order valence-corrected chi connectivity index (χ3v) is 3.58. The van der Waals surface area contributed by atoms with Crippen LogP contribution >= 0.6 is 34.8 Å². The van der Waals surface area contributed by atoms with Crippen LogP contribution in [0.3, 0.4) is 0 Å². The van der Waals surface area contributed by atoms with Gasteiger partial charge in [-0.15, -0.1) is 0 Å². The predicted molar refractivity (Wildman–Crippen MR) is 85.3 cm³/mol. The molecule has 2 rings (SSSR count). The van der Waals surface area contributed by atoms with Crippen LogP contribution in [0, 0.1) is 6.92 Å². The first-order valence-corrected chi connectivity index (χ1v) is 6.88. The van der Waals surface area contributed by atoms with Gasteiger partial charge in [0.15, 0.2) is 0 Å². The summed E-state index contributed by atoms with van der Waals surface area (Å²) in [6.45, 7) is 1.89. The fourth-order valence-corrected chi connectivity index (χ4v) is 2.07. The van der Waals surface area contributed by atoms with Crippen molar-refractivity contribution in [3.05, 3.63) is 57.0 Å². The summed E-state index contributed by atoms with van der Waals surface area (Å²) in [6, 6.07) is 9.68. The number of hydrogen-bond donors (Lipinski definition) is 2. The van der Waals surface area contributed by atoms with Crippen molar-refractivity contribution in [2.45, 2.75) is 6.92 Å². The predicted octanol–water partition coefficient (Wildman–Crippen LogP) is 5.60. The largest absolute Gasteiger partial charge is 0.323 e. The molecule has 6 heteroatoms. The average molecular weight is 330 g/mol. The molecule has 2 aromatic rings. The maximum atomic E-state index is 11.9. The van der Waals surface area contributed by atoms with Gasteiger partial charge in [0, 0.05) is 15.7 Å². The van der Waals surface area contributed by atoms with E-state index in [0.29, 0.717) is 26.4 Å². The number of carbonyl (C=O) groups excluding carboxylic acids is 1. The van der Waals surface area contributed by atoms with E-state index in [1.807, 2.05) is 13.0 Å². The molecule has 0 heterocycles. The molecule has 0 aliphatic carbocycles. The van der Waals surface area contributed by atoms with Crippen LogP contribution in [0.5, 0.6) is 0 Å². The zero-order valence-electron chi connectivity index (χ0n) is 10.5. The number of aryl methyl sites for hydroxylation is 1. The van der Waals surface area contributed by atoms with Crippen molar-refractivity contribution in [2.75, 3.05) is 10.6 Å². The third kappa shape index (κ3) is 3.79. The van der Waals surface area contributed by atoms with E-state index in [2.05, 4.69) is 10.6 Å². The molecule has 0 aromatic heterocycles. The highest BCUT2D eigenvalue weighted by molar-refractivity contribution is 6.35. The van der Waals surface area contributed by atoms with Crippen LogP contribution in [0.15, 0.2) is 36.4 Å². The number of anilines is 2. The quantitative estimate of drug-likeness (QED) is 0.740. The molecule has 0 radical (unpaired) electrons. The van der Waals surface area contributed by atoms with E-state index in [9.17, 15) is 4.79 Å². The Morgan fingerprint density at radius 2 is 1.70 bits per heavy atom. The van der Waals surface area contributed by atoms with E-state index < -0.39 is 6.03 Å². The van der Waals surface area contributed by atoms with Gasteiger partial charge in [0.25, 0.3) is 0 Å². The molecule has 104 valence electrons. The van der Waals surface area contributed by atoms with Crippen molar-refractivity contribution < 1.29 is 4.79 Å². The monoisotopic (exact) mass is 328 g/mol. The number of rotatable bonds is 2. The molecule has 20 heavy (non-hydrogen) atoms. The Bertz CT molecular complexity index is 659. The fourth-order valence-electron chi connectivity index (χ4n) is 1.55. The molecular weight excluding hydrogens is 319 g/mol. The van der Waals surface area contributed by atoms with Crippen molar-refractivity contribution in [2.24, 2.45) is 0 Å². The van der Waals surface area contributed by atoms with E-state index in [-0.39, 0.29) is 0 Å². The molecule has 0 bridgehead atoms. The van der Waals surface area contributed by atoms with Gasteiger partial charge in [0.05, 0.1) is 10.7 Å². The molecule has 0 aliphatic heterocycles. The SMILES string of the molecule is Cc1ccc(NC(=O)Nc2cc(Cl)ccc2Cl)cc1Cl. The lowest BCUT2D eigenvalue weighted by atomic mass is 10.2. The molecule has 2 amide bonds. The Morgan fingerprint density at radius 1 is 0.950 bits per heavy atom. The first-order valence-electron chi connectivity index (χ1n) is 5.75. The van der Waals surface area contributed by atoms with E-state index >= 15 is 0 Å². The lowest BCUT2D eigenvalue weighted by Gasteiger charge is -2.10. The van der Waals surface area contributed by atoms with Gasteiger partial charge in [0.1, 0.15) is 0 Å². The van der Waals surface area contributed by atoms with Crippen LogP contribution in [-0.2, 0) is 0 Å². The zero-order valence-corrected chi connectivity index (χ0v) is 12.8. The van der Waals surface area contributed by atoms with E-state index in [4.69, 9.17) is 34.8 Å². The van der Waals surface area contributed by atoms with Crippen LogP contribution in [-0.4, -0.2) is 6.03 Å². The highest BCUT2D eigenvalue weighted by Gasteiger charge is 2.07. The molecular formula is C14H11Cl3N2O. The molecule has 0 saturated heterocycles. The molecule has 0 aliphatic rings. The standard InChI is InChI=1S/C14H11Cl3N2O/c1-8-2-4-10(7-12(8)17)18-14(20)19-13-6-9(15)3-5-11(13)16/h2-7H,1H3,(H2,18,19,20). The van der Waals surface area contributed by atoms with Gasteiger partial charge < -0.3 is 10.6 Å². The number of urea groups is 1. The maximum absolute atomic E-state index is 11.9. The molecule has 0 saturated carbocycles. The first kappa shape index (κ1) is 15.0. The van der Waals surface area contributed by atoms with Crippen molar-refractivity contribution in [1.29, 1.82) is 0 Å². The van der Waals surface area contributed by atoms with E-state index in [1.165, 1.54) is 0 Å². The summed E-state index contributed by atoms with van der Waals surface area (Å²) in [5.74, 6) is 0. The second kappa shape index (κ2) is 6.35. The topological polar surface area (TPSA) is 41.1 Å². The lowest BCUT2D eigenvalue weighted by Crippen LogP contribution is -2.19. The van der Waals surface area contributed by atoms with Crippen molar-refractivity contribution >= 4 is 52.2 Å². The Labute approximate surface area is 131 Å². The second-order valence-corrected chi connectivity index (χ2v) is 5.42. The number of amides is 2. The smallest absolute Gasteiger partial charge is 0.308 e. The minimum Gasteiger partial charge on any atom is -0.308 e. The van der Waals surface area contributed by atoms with E-state index in [0.717, 1.165) is 5.56 Å². The Hall–Kier alpha value is -1.42. The number of benzene rings is 2. The normalized spacial score (nSPS) is 10.2. The van der Waals surface area contributed by atoms with Gasteiger partial charge in [0.2, 0.25) is 0 Å². The number of halogens is 3. The summed E-state index contributed by atoms with van der Waals surface area (Å²) in [5.41, 5.74) is 1.97. The molecule has 2 aromatic carbocycles. The third-order valence-electron chi connectivity index (χ3n) is 2.61. The summed E-state index contributed by atoms with van der Waals surface area (Å²) in [7, 11) is 0. The number of nitrogens with one attached hydrogen (secondary N) is 2. The summed E-state index contributed by atoms with van der Waals surface area (Å²) < 4.78 is 0. The van der Waals surface area contributed by atoms with Gasteiger partial charge in [-0.3, -0.25) is 0 Å². The van der Waals surface area contributed by atoms with Crippen molar-refractivity contribution in [3.8, 4) is 0 Å². The van der Waals surface area contributed by atoms with Gasteiger partial charge in [-0.05, 0) is 42.8 Å². The van der Waals surface area contributed by atoms with Crippen molar-refractivity contribution in [3.63, 3.8) is 0 Å². The minimum atomic E-state index is -0.422. The molecule has 0 spiro atoms. The summed E-state index contributed by atoms with van der Waals surface area (Å²) in [5, 5.41) is 6.78. The van der Waals surface area contributed by atoms with Gasteiger partial charge in [-0.1, -0.05) is 40.9 Å². The van der Waals surface area contributed by atoms with Crippen LogP contribution in [0.4, 0.5) is 16.2 Å². The zero-order chi connectivity index (χ0) is 14.7. The van der Waals surface area contributed by atoms with Crippen molar-refractivity contribution in [1.82, 2.24) is 0 Å². The number of hydrogen-bond acceptors (Lipinski definition) is 1.